The molecule has 1 aromatic carbocycles. The van der Waals surface area contributed by atoms with Crippen LogP contribution in [0.15, 0.2) is 24.3 Å². The van der Waals surface area contributed by atoms with Crippen molar-refractivity contribution >= 4 is 5.91 Å². The van der Waals surface area contributed by atoms with E-state index in [-0.39, 0.29) is 12.5 Å². The second-order valence-electron chi connectivity index (χ2n) is 6.96. The lowest BCUT2D eigenvalue weighted by Gasteiger charge is -2.31. The summed E-state index contributed by atoms with van der Waals surface area (Å²) in [6.07, 6.45) is 1.23. The van der Waals surface area contributed by atoms with E-state index in [1.165, 1.54) is 12.8 Å². The molecule has 2 unspecified atom stereocenters. The van der Waals surface area contributed by atoms with Crippen LogP contribution in [0.2, 0.25) is 0 Å². The minimum absolute atomic E-state index is 0.206. The number of aliphatic hydroxyl groups is 1. The highest BCUT2D eigenvalue weighted by Gasteiger charge is 2.20. The van der Waals surface area contributed by atoms with Crippen molar-refractivity contribution in [3.05, 3.63) is 29.8 Å². The van der Waals surface area contributed by atoms with Gasteiger partial charge in [0, 0.05) is 13.1 Å². The monoisotopic (exact) mass is 334 g/mol. The van der Waals surface area contributed by atoms with Gasteiger partial charge >= 0.3 is 0 Å². The molecular weight excluding hydrogens is 304 g/mol. The Labute approximate surface area is 145 Å². The van der Waals surface area contributed by atoms with Gasteiger partial charge in [0.2, 0.25) is 0 Å². The Bertz CT molecular complexity index is 527. The highest BCUT2D eigenvalue weighted by atomic mass is 16.5. The molecule has 2 atom stereocenters. The van der Waals surface area contributed by atoms with Gasteiger partial charge < -0.3 is 20.1 Å². The summed E-state index contributed by atoms with van der Waals surface area (Å²) < 4.78 is 5.65. The standard InChI is InChI=1S/C19H30N2O3/c1-14-7-9-21(10-8-14)13-17(22)12-20-19(23)16(3)24-18-6-4-5-15(2)11-18/h4-6,11,14,16-17,22H,7-10,12-13H2,1-3H3,(H,20,23). The summed E-state index contributed by atoms with van der Waals surface area (Å²) >= 11 is 0. The molecule has 0 radical (unpaired) electrons. The number of aryl methyl sites for hydroxylation is 1. The number of aliphatic hydroxyl groups excluding tert-OH is 1. The van der Waals surface area contributed by atoms with Gasteiger partial charge in [0.05, 0.1) is 6.10 Å². The Hall–Kier alpha value is -1.59. The number of carbonyl (C=O) groups excluding carboxylic acids is 1. The van der Waals surface area contributed by atoms with Gasteiger partial charge in [0.1, 0.15) is 5.75 Å². The maximum Gasteiger partial charge on any atom is 0.260 e. The summed E-state index contributed by atoms with van der Waals surface area (Å²) in [6, 6.07) is 7.62. The number of benzene rings is 1. The molecule has 5 heteroatoms. The summed E-state index contributed by atoms with van der Waals surface area (Å²) in [6.45, 7) is 8.89. The van der Waals surface area contributed by atoms with Crippen LogP contribution in [0, 0.1) is 12.8 Å². The number of nitrogens with zero attached hydrogens (tertiary/aromatic N) is 1. The van der Waals surface area contributed by atoms with Crippen LogP contribution in [-0.4, -0.2) is 54.3 Å². The van der Waals surface area contributed by atoms with Crippen LogP contribution < -0.4 is 10.1 Å². The van der Waals surface area contributed by atoms with E-state index in [0.717, 1.165) is 24.6 Å². The molecule has 1 fully saturated rings. The second-order valence-corrected chi connectivity index (χ2v) is 6.96. The normalized spacial score (nSPS) is 18.8. The van der Waals surface area contributed by atoms with Crippen molar-refractivity contribution < 1.29 is 14.6 Å². The molecule has 1 heterocycles. The Morgan fingerprint density at radius 1 is 1.42 bits per heavy atom. The maximum absolute atomic E-state index is 12.1. The Morgan fingerprint density at radius 3 is 2.79 bits per heavy atom. The fourth-order valence-electron chi connectivity index (χ4n) is 2.92. The zero-order valence-electron chi connectivity index (χ0n) is 15.0. The van der Waals surface area contributed by atoms with Gasteiger partial charge in [-0.1, -0.05) is 19.1 Å². The lowest BCUT2D eigenvalue weighted by Crippen LogP contribution is -2.45. The summed E-state index contributed by atoms with van der Waals surface area (Å²) in [5.74, 6) is 1.25. The first-order valence-corrected chi connectivity index (χ1v) is 8.85. The molecule has 2 rings (SSSR count). The Morgan fingerprint density at radius 2 is 2.12 bits per heavy atom. The predicted molar refractivity (Wildman–Crippen MR) is 95.1 cm³/mol. The van der Waals surface area contributed by atoms with Gasteiger partial charge in [0.25, 0.3) is 5.91 Å². The highest BCUT2D eigenvalue weighted by Crippen LogP contribution is 2.16. The molecule has 1 aliphatic rings. The van der Waals surface area contributed by atoms with Crippen LogP contribution in [0.4, 0.5) is 0 Å². The number of hydrogen-bond donors (Lipinski definition) is 2. The van der Waals surface area contributed by atoms with Crippen LogP contribution >= 0.6 is 0 Å². The summed E-state index contributed by atoms with van der Waals surface area (Å²) in [5.41, 5.74) is 1.09. The number of β-amino-alcohol motifs (C(OH)–C–C–N with tert-alkyl or cyclic N) is 1. The Balaban J connectivity index is 1.69. The molecule has 0 aliphatic carbocycles. The highest BCUT2D eigenvalue weighted by molar-refractivity contribution is 5.80. The average molecular weight is 334 g/mol. The zero-order chi connectivity index (χ0) is 17.5. The summed E-state index contributed by atoms with van der Waals surface area (Å²) in [7, 11) is 0. The fourth-order valence-corrected chi connectivity index (χ4v) is 2.92. The third-order valence-corrected chi connectivity index (χ3v) is 4.53. The van der Waals surface area contributed by atoms with Crippen molar-refractivity contribution in [2.24, 2.45) is 5.92 Å². The molecule has 0 bridgehead atoms. The smallest absolute Gasteiger partial charge is 0.260 e. The van der Waals surface area contributed by atoms with E-state index in [0.29, 0.717) is 12.3 Å². The van der Waals surface area contributed by atoms with E-state index in [4.69, 9.17) is 4.74 Å². The lowest BCUT2D eigenvalue weighted by atomic mass is 9.99. The van der Waals surface area contributed by atoms with E-state index < -0.39 is 12.2 Å². The van der Waals surface area contributed by atoms with Crippen molar-refractivity contribution in [1.29, 1.82) is 0 Å². The first kappa shape index (κ1) is 18.7. The minimum Gasteiger partial charge on any atom is -0.481 e. The molecule has 1 aromatic rings. The number of piperidine rings is 1. The largest absolute Gasteiger partial charge is 0.481 e. The third kappa shape index (κ3) is 6.13. The van der Waals surface area contributed by atoms with Gasteiger partial charge in [-0.15, -0.1) is 0 Å². The van der Waals surface area contributed by atoms with Gasteiger partial charge in [-0.05, 0) is 63.4 Å². The van der Waals surface area contributed by atoms with Gasteiger partial charge in [-0.25, -0.2) is 0 Å². The molecule has 5 nitrogen and oxygen atoms in total. The molecular formula is C19H30N2O3. The number of carbonyl (C=O) groups is 1. The molecule has 1 saturated heterocycles. The van der Waals surface area contributed by atoms with Gasteiger partial charge in [-0.2, -0.15) is 0 Å². The first-order chi connectivity index (χ1) is 11.4. The van der Waals surface area contributed by atoms with Crippen molar-refractivity contribution in [3.63, 3.8) is 0 Å². The van der Waals surface area contributed by atoms with E-state index in [9.17, 15) is 9.90 Å². The molecule has 1 amide bonds. The van der Waals surface area contributed by atoms with Crippen molar-refractivity contribution in [1.82, 2.24) is 10.2 Å². The van der Waals surface area contributed by atoms with Crippen molar-refractivity contribution in [2.45, 2.75) is 45.8 Å². The van der Waals surface area contributed by atoms with Crippen molar-refractivity contribution in [3.8, 4) is 5.75 Å². The van der Waals surface area contributed by atoms with Crippen molar-refractivity contribution in [2.75, 3.05) is 26.2 Å². The SMILES string of the molecule is Cc1cccc(OC(C)C(=O)NCC(O)CN2CCC(C)CC2)c1. The van der Waals surface area contributed by atoms with Crippen LogP contribution in [0.3, 0.4) is 0 Å². The van der Waals surface area contributed by atoms with E-state index in [2.05, 4.69) is 17.1 Å². The number of rotatable bonds is 7. The minimum atomic E-state index is -0.588. The number of nitrogens with one attached hydrogen (secondary N) is 1. The molecule has 2 N–H and O–H groups in total. The van der Waals surface area contributed by atoms with Gasteiger partial charge in [0.15, 0.2) is 6.10 Å². The van der Waals surface area contributed by atoms with Crippen LogP contribution in [0.5, 0.6) is 5.75 Å². The zero-order valence-corrected chi connectivity index (χ0v) is 15.0. The maximum atomic E-state index is 12.1. The number of likely N-dealkylation sites (tertiary alicyclic amines) is 1. The van der Waals surface area contributed by atoms with Crippen LogP contribution in [0.1, 0.15) is 32.3 Å². The molecule has 24 heavy (non-hydrogen) atoms. The molecule has 0 aromatic heterocycles. The van der Waals surface area contributed by atoms with Crippen LogP contribution in [-0.2, 0) is 4.79 Å². The molecule has 0 spiro atoms. The third-order valence-electron chi connectivity index (χ3n) is 4.53. The van der Waals surface area contributed by atoms with Gasteiger partial charge in [-0.3, -0.25) is 4.79 Å². The summed E-state index contributed by atoms with van der Waals surface area (Å²) in [4.78, 5) is 14.4. The van der Waals surface area contributed by atoms with Crippen LogP contribution in [0.25, 0.3) is 0 Å². The molecule has 0 saturated carbocycles. The van der Waals surface area contributed by atoms with E-state index >= 15 is 0 Å². The lowest BCUT2D eigenvalue weighted by molar-refractivity contribution is -0.127. The van der Waals surface area contributed by atoms with E-state index in [1.807, 2.05) is 31.2 Å². The topological polar surface area (TPSA) is 61.8 Å². The predicted octanol–water partition coefficient (Wildman–Crippen LogP) is 1.97. The summed E-state index contributed by atoms with van der Waals surface area (Å²) in [5, 5.41) is 12.9. The fraction of sp³-hybridized carbons (Fsp3) is 0.632. The molecule has 134 valence electrons. The quantitative estimate of drug-likeness (QED) is 0.800. The molecule has 1 aliphatic heterocycles. The number of amides is 1. The number of hydrogen-bond acceptors (Lipinski definition) is 4. The first-order valence-electron chi connectivity index (χ1n) is 8.85. The van der Waals surface area contributed by atoms with E-state index in [1.54, 1.807) is 6.92 Å². The number of ether oxygens (including phenoxy) is 1. The Kier molecular flexibility index (Phi) is 7.06. The average Bonchev–Trinajstić information content (AvgIpc) is 2.54. The second kappa shape index (κ2) is 9.04.